The van der Waals surface area contributed by atoms with Gasteiger partial charge in [-0.1, -0.05) is 19.0 Å². The lowest BCUT2D eigenvalue weighted by atomic mass is 10.1. The van der Waals surface area contributed by atoms with Crippen LogP contribution in [-0.4, -0.2) is 43.5 Å². The van der Waals surface area contributed by atoms with Gasteiger partial charge in [-0.15, -0.1) is 24.0 Å². The Balaban J connectivity index is 0.00000243. The van der Waals surface area contributed by atoms with Gasteiger partial charge in [0.15, 0.2) is 17.6 Å². The summed E-state index contributed by atoms with van der Waals surface area (Å²) in [6, 6.07) is 0.263. The number of nitrogens with zero attached hydrogens (tertiary/aromatic N) is 6. The van der Waals surface area contributed by atoms with Gasteiger partial charge in [-0.2, -0.15) is 10.1 Å². The maximum absolute atomic E-state index is 4.98. The first kappa shape index (κ1) is 20.6. The topological polar surface area (TPSA) is 106 Å². The minimum Gasteiger partial charge on any atom is -0.357 e. The first-order valence-corrected chi connectivity index (χ1v) is 8.82. The van der Waals surface area contributed by atoms with E-state index < -0.39 is 0 Å². The molecule has 2 N–H and O–H groups in total. The van der Waals surface area contributed by atoms with E-state index in [1.807, 2.05) is 11.6 Å². The van der Waals surface area contributed by atoms with Crippen molar-refractivity contribution in [2.45, 2.75) is 65.6 Å². The number of aromatic nitrogens is 5. The lowest BCUT2D eigenvalue weighted by Gasteiger charge is -2.25. The number of fused-ring (bicyclic) bond motifs is 1. The van der Waals surface area contributed by atoms with E-state index in [9.17, 15) is 0 Å². The van der Waals surface area contributed by atoms with Gasteiger partial charge >= 0.3 is 0 Å². The van der Waals surface area contributed by atoms with Crippen LogP contribution in [0.25, 0.3) is 0 Å². The molecule has 1 atom stereocenters. The van der Waals surface area contributed by atoms with Crippen molar-refractivity contribution in [3.05, 3.63) is 23.4 Å². The molecule has 2 aromatic rings. The van der Waals surface area contributed by atoms with E-state index in [1.54, 1.807) is 6.92 Å². The van der Waals surface area contributed by atoms with Crippen LogP contribution in [0.2, 0.25) is 0 Å². The Morgan fingerprint density at radius 1 is 1.38 bits per heavy atom. The third-order valence-corrected chi connectivity index (χ3v) is 4.02. The fraction of sp³-hybridized carbons (Fsp3) is 0.688. The third-order valence-electron chi connectivity index (χ3n) is 4.02. The number of aryl methyl sites for hydroxylation is 2. The lowest BCUT2D eigenvalue weighted by Crippen LogP contribution is -2.47. The second-order valence-electron chi connectivity index (χ2n) is 6.53. The van der Waals surface area contributed by atoms with Gasteiger partial charge in [-0.25, -0.2) is 14.7 Å². The van der Waals surface area contributed by atoms with E-state index >= 15 is 0 Å². The number of nitrogens with one attached hydrogen (secondary N) is 2. The van der Waals surface area contributed by atoms with Crippen molar-refractivity contribution < 1.29 is 4.52 Å². The maximum atomic E-state index is 4.98. The van der Waals surface area contributed by atoms with Crippen molar-refractivity contribution in [1.29, 1.82) is 0 Å². The molecule has 0 saturated heterocycles. The maximum Gasteiger partial charge on any atom is 0.223 e. The van der Waals surface area contributed by atoms with Crippen LogP contribution in [0.3, 0.4) is 0 Å². The summed E-state index contributed by atoms with van der Waals surface area (Å²) in [7, 11) is 0. The number of hydrogen-bond donors (Lipinski definition) is 2. The SMILES string of the molecule is CCNC(=NCc1noc(C)n1)NC1CCc2nc(C(C)C)nn2C1.I. The van der Waals surface area contributed by atoms with Crippen molar-refractivity contribution in [1.82, 2.24) is 35.5 Å². The molecule has 0 aromatic carbocycles. The summed E-state index contributed by atoms with van der Waals surface area (Å²) in [5.74, 6) is 4.23. The first-order valence-electron chi connectivity index (χ1n) is 8.82. The van der Waals surface area contributed by atoms with E-state index in [0.29, 0.717) is 24.2 Å². The molecule has 2 aromatic heterocycles. The predicted octanol–water partition coefficient (Wildman–Crippen LogP) is 1.78. The van der Waals surface area contributed by atoms with E-state index in [1.165, 1.54) is 0 Å². The molecule has 1 unspecified atom stereocenters. The molecule has 0 saturated carbocycles. The average molecular weight is 474 g/mol. The Kier molecular flexibility index (Phi) is 7.35. The molecule has 0 amide bonds. The Labute approximate surface area is 170 Å². The van der Waals surface area contributed by atoms with E-state index in [4.69, 9.17) is 4.52 Å². The average Bonchev–Trinajstić information content (AvgIpc) is 3.18. The monoisotopic (exact) mass is 474 g/mol. The molecule has 0 fully saturated rings. The molecule has 144 valence electrons. The van der Waals surface area contributed by atoms with Crippen LogP contribution < -0.4 is 10.6 Å². The summed E-state index contributed by atoms with van der Waals surface area (Å²) < 4.78 is 6.99. The Morgan fingerprint density at radius 3 is 2.85 bits per heavy atom. The van der Waals surface area contributed by atoms with Gasteiger partial charge in [-0.3, -0.25) is 0 Å². The highest BCUT2D eigenvalue weighted by atomic mass is 127. The van der Waals surface area contributed by atoms with E-state index in [0.717, 1.165) is 43.5 Å². The molecular weight excluding hydrogens is 447 g/mol. The minimum absolute atomic E-state index is 0. The standard InChI is InChI=1S/C16H26N8O.HI/c1-5-17-16(18-8-13-19-11(4)25-23-13)20-12-6-7-14-21-15(10(2)3)22-24(14)9-12;/h10,12H,5-9H2,1-4H3,(H2,17,18,20);1H. The second kappa shape index (κ2) is 9.28. The number of hydrogen-bond acceptors (Lipinski definition) is 6. The fourth-order valence-electron chi connectivity index (χ4n) is 2.76. The highest BCUT2D eigenvalue weighted by Gasteiger charge is 2.23. The van der Waals surface area contributed by atoms with Crippen molar-refractivity contribution in [3.8, 4) is 0 Å². The van der Waals surface area contributed by atoms with E-state index in [2.05, 4.69) is 49.7 Å². The van der Waals surface area contributed by atoms with Crippen molar-refractivity contribution in [2.24, 2.45) is 4.99 Å². The molecule has 0 spiro atoms. The summed E-state index contributed by atoms with van der Waals surface area (Å²) in [4.78, 5) is 13.4. The number of halogens is 1. The highest BCUT2D eigenvalue weighted by molar-refractivity contribution is 14.0. The normalized spacial score (nSPS) is 17.0. The largest absolute Gasteiger partial charge is 0.357 e. The molecule has 1 aliphatic rings. The summed E-state index contributed by atoms with van der Waals surface area (Å²) in [6.07, 6.45) is 1.92. The van der Waals surface area contributed by atoms with Gasteiger partial charge in [0.05, 0.1) is 6.54 Å². The highest BCUT2D eigenvalue weighted by Crippen LogP contribution is 2.16. The van der Waals surface area contributed by atoms with Crippen LogP contribution in [0.5, 0.6) is 0 Å². The van der Waals surface area contributed by atoms with Gasteiger partial charge in [0.1, 0.15) is 12.4 Å². The molecule has 0 radical (unpaired) electrons. The molecule has 0 aliphatic carbocycles. The Hall–Kier alpha value is -1.72. The van der Waals surface area contributed by atoms with Crippen molar-refractivity contribution in [3.63, 3.8) is 0 Å². The molecule has 9 nitrogen and oxygen atoms in total. The first-order chi connectivity index (χ1) is 12.0. The van der Waals surface area contributed by atoms with Crippen LogP contribution in [0.15, 0.2) is 9.52 Å². The van der Waals surface area contributed by atoms with Crippen LogP contribution >= 0.6 is 24.0 Å². The second-order valence-corrected chi connectivity index (χ2v) is 6.53. The third kappa shape index (κ3) is 5.15. The fourth-order valence-corrected chi connectivity index (χ4v) is 2.76. The zero-order valence-corrected chi connectivity index (χ0v) is 18.0. The molecule has 3 heterocycles. The smallest absolute Gasteiger partial charge is 0.223 e. The van der Waals surface area contributed by atoms with Crippen LogP contribution in [0.4, 0.5) is 0 Å². The molecule has 1 aliphatic heterocycles. The quantitative estimate of drug-likeness (QED) is 0.387. The summed E-state index contributed by atoms with van der Waals surface area (Å²) in [6.45, 7) is 10.0. The molecule has 0 bridgehead atoms. The van der Waals surface area contributed by atoms with Gasteiger partial charge in [0.2, 0.25) is 5.89 Å². The molecule has 3 rings (SSSR count). The van der Waals surface area contributed by atoms with Crippen LogP contribution in [0.1, 0.15) is 56.5 Å². The predicted molar refractivity (Wildman–Crippen MR) is 109 cm³/mol. The molecular formula is C16H27IN8O. The van der Waals surface area contributed by atoms with Gasteiger partial charge < -0.3 is 15.2 Å². The number of aliphatic imine (C=N–C) groups is 1. The van der Waals surface area contributed by atoms with Crippen molar-refractivity contribution >= 4 is 29.9 Å². The van der Waals surface area contributed by atoms with Gasteiger partial charge in [-0.05, 0) is 13.3 Å². The van der Waals surface area contributed by atoms with Gasteiger partial charge in [0.25, 0.3) is 0 Å². The zero-order valence-electron chi connectivity index (χ0n) is 15.7. The number of guanidine groups is 1. The lowest BCUT2D eigenvalue weighted by molar-refractivity contribution is 0.386. The Morgan fingerprint density at radius 2 is 2.19 bits per heavy atom. The van der Waals surface area contributed by atoms with Crippen LogP contribution in [0, 0.1) is 6.92 Å². The van der Waals surface area contributed by atoms with E-state index in [-0.39, 0.29) is 30.0 Å². The molecule has 26 heavy (non-hydrogen) atoms. The van der Waals surface area contributed by atoms with Crippen molar-refractivity contribution in [2.75, 3.05) is 6.54 Å². The summed E-state index contributed by atoms with van der Waals surface area (Å²) in [5.41, 5.74) is 0. The minimum atomic E-state index is 0. The zero-order chi connectivity index (χ0) is 17.8. The summed E-state index contributed by atoms with van der Waals surface area (Å²) >= 11 is 0. The van der Waals surface area contributed by atoms with Crippen LogP contribution in [-0.2, 0) is 19.5 Å². The molecule has 10 heteroatoms. The summed E-state index contributed by atoms with van der Waals surface area (Å²) in [5, 5.41) is 15.2. The Bertz CT molecular complexity index is 738. The number of rotatable bonds is 5. The van der Waals surface area contributed by atoms with Gasteiger partial charge in [0, 0.05) is 31.8 Å².